The Morgan fingerprint density at radius 1 is 1.12 bits per heavy atom. The van der Waals surface area contributed by atoms with E-state index in [0.717, 1.165) is 17.4 Å². The van der Waals surface area contributed by atoms with Crippen molar-refractivity contribution in [2.24, 2.45) is 5.92 Å². The SMILES string of the molecule is CCC(C)c1cccc2c1CC(C)C2.Cc1cccc(OS(=O)(=O)CCCC(F)(F)F)c1. The molecule has 0 heterocycles. The third kappa shape index (κ3) is 8.49. The van der Waals surface area contributed by atoms with E-state index in [2.05, 4.69) is 39.0 Å². The van der Waals surface area contributed by atoms with Gasteiger partial charge in [-0.1, -0.05) is 51.1 Å². The van der Waals surface area contributed by atoms with Crippen LogP contribution in [-0.4, -0.2) is 20.3 Å². The van der Waals surface area contributed by atoms with Gasteiger partial charge in [-0.25, -0.2) is 0 Å². The fourth-order valence-electron chi connectivity index (χ4n) is 3.88. The van der Waals surface area contributed by atoms with Crippen molar-refractivity contribution < 1.29 is 25.8 Å². The highest BCUT2D eigenvalue weighted by molar-refractivity contribution is 7.87. The van der Waals surface area contributed by atoms with Crippen LogP contribution in [0, 0.1) is 12.8 Å². The van der Waals surface area contributed by atoms with Crippen LogP contribution in [0.15, 0.2) is 42.5 Å². The molecule has 7 heteroatoms. The van der Waals surface area contributed by atoms with Crippen LogP contribution in [0.5, 0.6) is 5.75 Å². The van der Waals surface area contributed by atoms with Crippen molar-refractivity contribution in [3.05, 3.63) is 64.7 Å². The maximum absolute atomic E-state index is 11.9. The summed E-state index contributed by atoms with van der Waals surface area (Å²) < 4.78 is 63.1. The lowest BCUT2D eigenvalue weighted by atomic mass is 9.91. The Labute approximate surface area is 190 Å². The van der Waals surface area contributed by atoms with E-state index >= 15 is 0 Å². The van der Waals surface area contributed by atoms with Crippen LogP contribution in [0.2, 0.25) is 0 Å². The van der Waals surface area contributed by atoms with E-state index in [1.165, 1.54) is 31.4 Å². The average Bonchev–Trinajstić information content (AvgIpc) is 3.06. The Hall–Kier alpha value is -2.02. The minimum absolute atomic E-state index is 0.113. The van der Waals surface area contributed by atoms with Crippen LogP contribution in [0.4, 0.5) is 13.2 Å². The smallest absolute Gasteiger partial charge is 0.382 e. The quantitative estimate of drug-likeness (QED) is 0.410. The van der Waals surface area contributed by atoms with Gasteiger partial charge in [0.1, 0.15) is 5.75 Å². The Morgan fingerprint density at radius 2 is 1.81 bits per heavy atom. The minimum atomic E-state index is -4.35. The average molecular weight is 471 g/mol. The van der Waals surface area contributed by atoms with Gasteiger partial charge in [0.05, 0.1) is 5.75 Å². The van der Waals surface area contributed by atoms with Crippen molar-refractivity contribution in [3.63, 3.8) is 0 Å². The normalized spacial score (nSPS) is 16.7. The zero-order valence-corrected chi connectivity index (χ0v) is 20.0. The van der Waals surface area contributed by atoms with E-state index in [1.54, 1.807) is 35.7 Å². The van der Waals surface area contributed by atoms with Crippen LogP contribution in [0.1, 0.15) is 68.2 Å². The number of rotatable bonds is 7. The van der Waals surface area contributed by atoms with Crippen LogP contribution in [0.3, 0.4) is 0 Å². The molecule has 1 aliphatic rings. The molecule has 0 saturated carbocycles. The Balaban J connectivity index is 0.000000233. The summed E-state index contributed by atoms with van der Waals surface area (Å²) in [6.07, 6.45) is -2.14. The zero-order chi connectivity index (χ0) is 23.9. The van der Waals surface area contributed by atoms with E-state index in [9.17, 15) is 21.6 Å². The molecule has 0 aromatic heterocycles. The van der Waals surface area contributed by atoms with Gasteiger partial charge < -0.3 is 4.18 Å². The second-order valence-corrected chi connectivity index (χ2v) is 10.4. The Morgan fingerprint density at radius 3 is 2.44 bits per heavy atom. The summed E-state index contributed by atoms with van der Waals surface area (Å²) in [5.41, 5.74) is 5.68. The minimum Gasteiger partial charge on any atom is -0.382 e. The van der Waals surface area contributed by atoms with Gasteiger partial charge in [0.15, 0.2) is 0 Å². The first kappa shape index (κ1) is 26.2. The van der Waals surface area contributed by atoms with Crippen LogP contribution in [-0.2, 0) is 23.0 Å². The summed E-state index contributed by atoms with van der Waals surface area (Å²) in [6.45, 7) is 8.74. The molecule has 0 saturated heterocycles. The lowest BCUT2D eigenvalue weighted by Gasteiger charge is -2.14. The topological polar surface area (TPSA) is 43.4 Å². The number of halogens is 3. The molecule has 3 rings (SSSR count). The molecule has 178 valence electrons. The predicted molar refractivity (Wildman–Crippen MR) is 123 cm³/mol. The van der Waals surface area contributed by atoms with E-state index < -0.39 is 34.9 Å². The first-order chi connectivity index (χ1) is 14.9. The van der Waals surface area contributed by atoms with Gasteiger partial charge in [-0.05, 0) is 78.8 Å². The maximum Gasteiger partial charge on any atom is 0.389 e. The van der Waals surface area contributed by atoms with Crippen molar-refractivity contribution in [1.29, 1.82) is 0 Å². The molecule has 0 fully saturated rings. The van der Waals surface area contributed by atoms with Gasteiger partial charge in [-0.3, -0.25) is 0 Å². The maximum atomic E-state index is 11.9. The molecule has 32 heavy (non-hydrogen) atoms. The number of alkyl halides is 3. The fourth-order valence-corrected chi connectivity index (χ4v) is 4.86. The molecular formula is C25H33F3O3S. The lowest BCUT2D eigenvalue weighted by molar-refractivity contribution is -0.134. The van der Waals surface area contributed by atoms with Gasteiger partial charge >= 0.3 is 16.3 Å². The summed E-state index contributed by atoms with van der Waals surface area (Å²) in [7, 11) is -3.97. The number of hydrogen-bond acceptors (Lipinski definition) is 3. The summed E-state index contributed by atoms with van der Waals surface area (Å²) in [5.74, 6) is 1.05. The highest BCUT2D eigenvalue weighted by Crippen LogP contribution is 2.33. The molecule has 0 spiro atoms. The molecule has 2 atom stereocenters. The number of aryl methyl sites for hydroxylation is 1. The van der Waals surface area contributed by atoms with Crippen LogP contribution in [0.25, 0.3) is 0 Å². The molecule has 2 aromatic carbocycles. The molecule has 0 bridgehead atoms. The highest BCUT2D eigenvalue weighted by Gasteiger charge is 2.28. The van der Waals surface area contributed by atoms with Gasteiger partial charge in [-0.2, -0.15) is 21.6 Å². The zero-order valence-electron chi connectivity index (χ0n) is 19.2. The molecule has 0 radical (unpaired) electrons. The van der Waals surface area contributed by atoms with E-state index in [4.69, 9.17) is 4.18 Å². The lowest BCUT2D eigenvalue weighted by Crippen LogP contribution is -2.16. The molecule has 0 amide bonds. The highest BCUT2D eigenvalue weighted by atomic mass is 32.2. The first-order valence-corrected chi connectivity index (χ1v) is 12.6. The van der Waals surface area contributed by atoms with Gasteiger partial charge in [0, 0.05) is 6.42 Å². The van der Waals surface area contributed by atoms with E-state index in [0.29, 0.717) is 0 Å². The molecule has 3 nitrogen and oxygen atoms in total. The number of benzene rings is 2. The summed E-state index contributed by atoms with van der Waals surface area (Å²) >= 11 is 0. The molecular weight excluding hydrogens is 437 g/mol. The molecule has 1 aliphatic carbocycles. The molecule has 0 aliphatic heterocycles. The monoisotopic (exact) mass is 470 g/mol. The Bertz CT molecular complexity index is 984. The van der Waals surface area contributed by atoms with Crippen molar-refractivity contribution in [2.75, 3.05) is 5.75 Å². The number of fused-ring (bicyclic) bond motifs is 1. The van der Waals surface area contributed by atoms with E-state index in [1.807, 2.05) is 0 Å². The van der Waals surface area contributed by atoms with Gasteiger partial charge in [0.25, 0.3) is 0 Å². The third-order valence-electron chi connectivity index (χ3n) is 5.64. The Kier molecular flexibility index (Phi) is 9.19. The van der Waals surface area contributed by atoms with E-state index in [-0.39, 0.29) is 5.75 Å². The summed E-state index contributed by atoms with van der Waals surface area (Å²) in [6, 6.07) is 13.2. The van der Waals surface area contributed by atoms with Crippen molar-refractivity contribution in [1.82, 2.24) is 0 Å². The van der Waals surface area contributed by atoms with Crippen LogP contribution < -0.4 is 4.18 Å². The summed E-state index contributed by atoms with van der Waals surface area (Å²) in [4.78, 5) is 0. The summed E-state index contributed by atoms with van der Waals surface area (Å²) in [5, 5.41) is 0. The molecule has 2 unspecified atom stereocenters. The largest absolute Gasteiger partial charge is 0.389 e. The predicted octanol–water partition coefficient (Wildman–Crippen LogP) is 6.98. The van der Waals surface area contributed by atoms with Gasteiger partial charge in [0.2, 0.25) is 0 Å². The van der Waals surface area contributed by atoms with Crippen molar-refractivity contribution in [2.45, 2.75) is 71.9 Å². The number of hydrogen-bond donors (Lipinski definition) is 0. The second-order valence-electron chi connectivity index (χ2n) is 8.69. The fraction of sp³-hybridized carbons (Fsp3) is 0.520. The molecule has 0 N–H and O–H groups in total. The molecule has 2 aromatic rings. The van der Waals surface area contributed by atoms with Crippen LogP contribution >= 0.6 is 0 Å². The van der Waals surface area contributed by atoms with Crippen molar-refractivity contribution in [3.8, 4) is 5.75 Å². The standard InChI is InChI=1S/C14H20.C11H13F3O3S/c1-4-11(3)13-7-5-6-12-8-10(2)9-14(12)13;1-9-4-2-5-10(8-9)17-18(15,16)7-3-6-11(12,13)14/h5-7,10-11H,4,8-9H2,1-3H3;2,4-5,8H,3,6-7H2,1H3. The van der Waals surface area contributed by atoms with Crippen molar-refractivity contribution >= 4 is 10.1 Å². The third-order valence-corrected chi connectivity index (χ3v) is 6.88. The first-order valence-electron chi connectivity index (χ1n) is 11.1. The second kappa shape index (κ2) is 11.2. The van der Waals surface area contributed by atoms with Gasteiger partial charge in [-0.15, -0.1) is 0 Å².